The number of allylic oxidation sites excluding steroid dienone is 2. The van der Waals surface area contributed by atoms with E-state index in [0.717, 1.165) is 5.56 Å². The van der Waals surface area contributed by atoms with Crippen LogP contribution in [0, 0.1) is 5.92 Å². The van der Waals surface area contributed by atoms with Crippen LogP contribution >= 0.6 is 0 Å². The van der Waals surface area contributed by atoms with E-state index >= 15 is 0 Å². The smallest absolute Gasteiger partial charge is 0.276 e. The van der Waals surface area contributed by atoms with Gasteiger partial charge in [0.25, 0.3) is 5.91 Å². The molecule has 8 heteroatoms. The van der Waals surface area contributed by atoms with Crippen LogP contribution in [-0.4, -0.2) is 51.3 Å². The summed E-state index contributed by atoms with van der Waals surface area (Å²) in [5.74, 6) is -2.34. The number of amides is 3. The highest BCUT2D eigenvalue weighted by atomic mass is 16.5. The first kappa shape index (κ1) is 21.3. The number of carbonyl (C=O) groups is 3. The second-order valence-corrected chi connectivity index (χ2v) is 6.89. The van der Waals surface area contributed by atoms with Gasteiger partial charge < -0.3 is 15.7 Å². The first-order chi connectivity index (χ1) is 13.2. The zero-order valence-electron chi connectivity index (χ0n) is 16.0. The van der Waals surface area contributed by atoms with Crippen LogP contribution in [0.1, 0.15) is 26.3 Å². The lowest BCUT2D eigenvalue weighted by Crippen LogP contribution is -2.53. The number of benzene rings is 1. The van der Waals surface area contributed by atoms with Gasteiger partial charge in [0, 0.05) is 6.20 Å². The van der Waals surface area contributed by atoms with Crippen LogP contribution in [0.5, 0.6) is 0 Å². The SMILES string of the molecule is CC(C)[C@H](O)C(=O)N[C@@H](C)C(=O)N[C@H]1C=C(c2ccccc2)C=CN(O)C1=O. The topological polar surface area (TPSA) is 119 Å². The molecular weight excluding hydrogens is 362 g/mol. The quantitative estimate of drug-likeness (QED) is 0.539. The Morgan fingerprint density at radius 2 is 1.75 bits per heavy atom. The number of aliphatic hydroxyl groups is 1. The average Bonchev–Trinajstić information content (AvgIpc) is 2.81. The first-order valence-corrected chi connectivity index (χ1v) is 8.97. The lowest BCUT2D eigenvalue weighted by atomic mass is 10.0. The van der Waals surface area contributed by atoms with Crippen molar-refractivity contribution in [2.45, 2.75) is 39.0 Å². The van der Waals surface area contributed by atoms with Crippen molar-refractivity contribution in [3.63, 3.8) is 0 Å². The largest absolute Gasteiger partial charge is 0.383 e. The lowest BCUT2D eigenvalue weighted by Gasteiger charge is -2.21. The molecule has 0 radical (unpaired) electrons. The molecule has 1 aromatic carbocycles. The summed E-state index contributed by atoms with van der Waals surface area (Å²) in [6, 6.07) is 7.08. The summed E-state index contributed by atoms with van der Waals surface area (Å²) in [6.07, 6.45) is 3.05. The maximum absolute atomic E-state index is 12.4. The van der Waals surface area contributed by atoms with Crippen molar-refractivity contribution in [1.82, 2.24) is 15.7 Å². The van der Waals surface area contributed by atoms with E-state index in [-0.39, 0.29) is 5.92 Å². The van der Waals surface area contributed by atoms with Crippen LogP contribution < -0.4 is 10.6 Å². The van der Waals surface area contributed by atoms with Crippen LogP contribution in [-0.2, 0) is 14.4 Å². The van der Waals surface area contributed by atoms with Gasteiger partial charge in [0.05, 0.1) is 0 Å². The molecule has 0 fully saturated rings. The molecule has 150 valence electrons. The van der Waals surface area contributed by atoms with Gasteiger partial charge in [-0.1, -0.05) is 44.2 Å². The summed E-state index contributed by atoms with van der Waals surface area (Å²) in [4.78, 5) is 36.7. The van der Waals surface area contributed by atoms with Gasteiger partial charge in [0.2, 0.25) is 11.8 Å². The van der Waals surface area contributed by atoms with Crippen molar-refractivity contribution < 1.29 is 24.7 Å². The van der Waals surface area contributed by atoms with Gasteiger partial charge in [0.15, 0.2) is 0 Å². The summed E-state index contributed by atoms with van der Waals surface area (Å²) in [6.45, 7) is 4.80. The second kappa shape index (κ2) is 9.29. The zero-order chi connectivity index (χ0) is 20.8. The third kappa shape index (κ3) is 5.28. The lowest BCUT2D eigenvalue weighted by molar-refractivity contribution is -0.156. The van der Waals surface area contributed by atoms with E-state index in [1.54, 1.807) is 19.9 Å². The van der Waals surface area contributed by atoms with Gasteiger partial charge in [-0.15, -0.1) is 0 Å². The number of aliphatic hydroxyl groups excluding tert-OH is 1. The van der Waals surface area contributed by atoms with Crippen molar-refractivity contribution in [3.8, 4) is 0 Å². The summed E-state index contributed by atoms with van der Waals surface area (Å²) in [5.41, 5.74) is 1.45. The maximum atomic E-state index is 12.4. The highest BCUT2D eigenvalue weighted by Crippen LogP contribution is 2.19. The molecular formula is C20H25N3O5. The molecule has 0 aromatic heterocycles. The molecule has 0 aliphatic carbocycles. The van der Waals surface area contributed by atoms with Gasteiger partial charge in [0.1, 0.15) is 18.2 Å². The van der Waals surface area contributed by atoms with E-state index < -0.39 is 35.9 Å². The van der Waals surface area contributed by atoms with Crippen LogP contribution in [0.4, 0.5) is 0 Å². The van der Waals surface area contributed by atoms with Gasteiger partial charge in [-0.25, -0.2) is 0 Å². The minimum Gasteiger partial charge on any atom is -0.383 e. The number of hydrogen-bond donors (Lipinski definition) is 4. The number of nitrogens with zero attached hydrogens (tertiary/aromatic N) is 1. The Bertz CT molecular complexity index is 788. The molecule has 1 aromatic rings. The first-order valence-electron chi connectivity index (χ1n) is 8.97. The van der Waals surface area contributed by atoms with E-state index in [9.17, 15) is 24.7 Å². The fourth-order valence-electron chi connectivity index (χ4n) is 2.55. The summed E-state index contributed by atoms with van der Waals surface area (Å²) >= 11 is 0. The van der Waals surface area contributed by atoms with Gasteiger partial charge in [-0.05, 0) is 36.1 Å². The number of nitrogens with one attached hydrogen (secondary N) is 2. The predicted octanol–water partition coefficient (Wildman–Crippen LogP) is 0.821. The molecule has 0 unspecified atom stereocenters. The Morgan fingerprint density at radius 1 is 1.11 bits per heavy atom. The summed E-state index contributed by atoms with van der Waals surface area (Å²) < 4.78 is 0. The molecule has 0 saturated heterocycles. The molecule has 1 heterocycles. The monoisotopic (exact) mass is 387 g/mol. The summed E-state index contributed by atoms with van der Waals surface area (Å²) in [5, 5.41) is 24.9. The molecule has 3 amide bonds. The minimum atomic E-state index is -1.24. The van der Waals surface area contributed by atoms with E-state index in [1.165, 1.54) is 19.2 Å². The molecule has 8 nitrogen and oxygen atoms in total. The normalized spacial score (nSPS) is 18.9. The average molecular weight is 387 g/mol. The standard InChI is InChI=1S/C20H25N3O5/c1-12(2)17(24)19(26)21-13(3)18(25)22-16-11-15(9-10-23(28)20(16)27)14-7-5-4-6-8-14/h4-13,16-17,24,28H,1-3H3,(H,21,26)(H,22,25)/t13-,16-,17-/m0/s1. The Balaban J connectivity index is 2.14. The van der Waals surface area contributed by atoms with Crippen molar-refractivity contribution >= 4 is 23.3 Å². The van der Waals surface area contributed by atoms with Gasteiger partial charge >= 0.3 is 0 Å². The molecule has 0 saturated carbocycles. The molecule has 2 rings (SSSR count). The minimum absolute atomic E-state index is 0.302. The van der Waals surface area contributed by atoms with E-state index in [2.05, 4.69) is 10.6 Å². The van der Waals surface area contributed by atoms with Crippen molar-refractivity contribution in [2.75, 3.05) is 0 Å². The van der Waals surface area contributed by atoms with E-state index in [0.29, 0.717) is 10.6 Å². The van der Waals surface area contributed by atoms with Gasteiger partial charge in [-0.2, -0.15) is 5.06 Å². The fourth-order valence-corrected chi connectivity index (χ4v) is 2.55. The molecule has 0 bridgehead atoms. The molecule has 4 N–H and O–H groups in total. The number of rotatable bonds is 6. The predicted molar refractivity (Wildman–Crippen MR) is 103 cm³/mol. The number of carbonyl (C=O) groups excluding carboxylic acids is 3. The Kier molecular flexibility index (Phi) is 7.08. The van der Waals surface area contributed by atoms with E-state index in [1.807, 2.05) is 30.3 Å². The molecule has 3 atom stereocenters. The van der Waals surface area contributed by atoms with Crippen LogP contribution in [0.3, 0.4) is 0 Å². The maximum Gasteiger partial charge on any atom is 0.276 e. The fraction of sp³-hybridized carbons (Fsp3) is 0.350. The van der Waals surface area contributed by atoms with Crippen LogP contribution in [0.15, 0.2) is 48.7 Å². The van der Waals surface area contributed by atoms with Crippen molar-refractivity contribution in [3.05, 3.63) is 54.2 Å². The van der Waals surface area contributed by atoms with E-state index in [4.69, 9.17) is 0 Å². The van der Waals surface area contributed by atoms with Crippen molar-refractivity contribution in [1.29, 1.82) is 0 Å². The second-order valence-electron chi connectivity index (χ2n) is 6.89. The molecule has 28 heavy (non-hydrogen) atoms. The molecule has 1 aliphatic heterocycles. The van der Waals surface area contributed by atoms with Gasteiger partial charge in [-0.3, -0.25) is 19.6 Å². The molecule has 0 spiro atoms. The Hall–Kier alpha value is -2.97. The Labute approximate surface area is 163 Å². The Morgan fingerprint density at radius 3 is 2.36 bits per heavy atom. The van der Waals surface area contributed by atoms with Crippen LogP contribution in [0.2, 0.25) is 0 Å². The third-order valence-electron chi connectivity index (χ3n) is 4.29. The summed E-state index contributed by atoms with van der Waals surface area (Å²) in [7, 11) is 0. The highest BCUT2D eigenvalue weighted by molar-refractivity contribution is 5.95. The molecule has 1 aliphatic rings. The zero-order valence-corrected chi connectivity index (χ0v) is 16.0. The third-order valence-corrected chi connectivity index (χ3v) is 4.29. The number of hydroxylamine groups is 2. The highest BCUT2D eigenvalue weighted by Gasteiger charge is 2.28. The number of hydrogen-bond acceptors (Lipinski definition) is 5. The van der Waals surface area contributed by atoms with Crippen molar-refractivity contribution in [2.24, 2.45) is 5.92 Å². The van der Waals surface area contributed by atoms with Crippen LogP contribution in [0.25, 0.3) is 5.57 Å².